The molecule has 4 N–H and O–H groups in total. The summed E-state index contributed by atoms with van der Waals surface area (Å²) in [6.07, 6.45) is 3.18. The Bertz CT molecular complexity index is 1410. The van der Waals surface area contributed by atoms with E-state index in [1.807, 2.05) is 32.0 Å². The van der Waals surface area contributed by atoms with Gasteiger partial charge in [-0.05, 0) is 36.6 Å². The molecule has 0 aliphatic heterocycles. The number of aliphatic carboxylic acids is 1. The van der Waals surface area contributed by atoms with Crippen LogP contribution in [0.25, 0.3) is 22.7 Å². The number of amides is 2. The third-order valence-corrected chi connectivity index (χ3v) is 6.16. The molecule has 4 rings (SSSR count). The number of nitrogens with zero attached hydrogens (tertiary/aromatic N) is 2. The zero-order valence-corrected chi connectivity index (χ0v) is 21.1. The van der Waals surface area contributed by atoms with Crippen LogP contribution in [0.4, 0.5) is 0 Å². The Morgan fingerprint density at radius 1 is 0.947 bits per heavy atom. The quantitative estimate of drug-likeness (QED) is 0.235. The summed E-state index contributed by atoms with van der Waals surface area (Å²) in [6.45, 7) is 4.01. The van der Waals surface area contributed by atoms with Crippen LogP contribution in [0.3, 0.4) is 0 Å². The van der Waals surface area contributed by atoms with Crippen molar-refractivity contribution in [1.29, 1.82) is 0 Å². The second kappa shape index (κ2) is 12.0. The number of aromatic amines is 1. The first-order chi connectivity index (χ1) is 18.4. The molecule has 0 aliphatic carbocycles. The number of hydrogen-bond acceptors (Lipinski definition) is 6. The highest BCUT2D eigenvalue weighted by Gasteiger charge is 2.23. The Labute approximate surface area is 219 Å². The minimum Gasteiger partial charge on any atom is -0.480 e. The molecule has 0 saturated heterocycles. The number of carbonyl (C=O) groups is 3. The molecule has 2 heterocycles. The summed E-state index contributed by atoms with van der Waals surface area (Å²) in [7, 11) is 0. The van der Waals surface area contributed by atoms with E-state index in [2.05, 4.69) is 25.8 Å². The van der Waals surface area contributed by atoms with Crippen molar-refractivity contribution in [2.75, 3.05) is 0 Å². The van der Waals surface area contributed by atoms with Crippen molar-refractivity contribution >= 4 is 17.8 Å². The maximum atomic E-state index is 12.8. The second-order valence-corrected chi connectivity index (χ2v) is 8.82. The third kappa shape index (κ3) is 6.33. The van der Waals surface area contributed by atoms with E-state index in [4.69, 9.17) is 4.42 Å². The molecule has 2 aromatic heterocycles. The van der Waals surface area contributed by atoms with Gasteiger partial charge in [0.15, 0.2) is 0 Å². The van der Waals surface area contributed by atoms with Crippen LogP contribution in [0.2, 0.25) is 0 Å². The van der Waals surface area contributed by atoms with Crippen LogP contribution in [-0.2, 0) is 11.2 Å². The molecule has 2 amide bonds. The predicted molar refractivity (Wildman–Crippen MR) is 140 cm³/mol. The van der Waals surface area contributed by atoms with Gasteiger partial charge in [-0.1, -0.05) is 56.3 Å². The Hall–Kier alpha value is -4.73. The van der Waals surface area contributed by atoms with Crippen molar-refractivity contribution in [3.8, 4) is 22.7 Å². The van der Waals surface area contributed by atoms with E-state index in [1.165, 1.54) is 6.20 Å². The number of benzene rings is 2. The van der Waals surface area contributed by atoms with Gasteiger partial charge in [0.05, 0.1) is 11.9 Å². The van der Waals surface area contributed by atoms with E-state index in [9.17, 15) is 19.5 Å². The van der Waals surface area contributed by atoms with Crippen molar-refractivity contribution in [2.24, 2.45) is 0 Å². The summed E-state index contributed by atoms with van der Waals surface area (Å²) in [5.74, 6) is -1.62. The van der Waals surface area contributed by atoms with Gasteiger partial charge in [0.2, 0.25) is 11.7 Å². The fourth-order valence-electron chi connectivity index (χ4n) is 3.95. The molecule has 0 spiro atoms. The van der Waals surface area contributed by atoms with Crippen LogP contribution in [-0.4, -0.2) is 50.2 Å². The molecule has 0 aliphatic rings. The largest absolute Gasteiger partial charge is 0.480 e. The number of rotatable bonds is 11. The minimum atomic E-state index is -1.13. The molecule has 196 valence electrons. The molecule has 10 heteroatoms. The Kier molecular flexibility index (Phi) is 8.32. The molecular weight excluding hydrogens is 486 g/mol. The summed E-state index contributed by atoms with van der Waals surface area (Å²) in [5.41, 5.74) is 2.71. The van der Waals surface area contributed by atoms with Crippen molar-refractivity contribution in [1.82, 2.24) is 25.8 Å². The molecule has 2 aromatic carbocycles. The van der Waals surface area contributed by atoms with E-state index >= 15 is 0 Å². The van der Waals surface area contributed by atoms with E-state index in [0.717, 1.165) is 18.4 Å². The molecular formula is C28H29N5O5. The smallest absolute Gasteiger partial charge is 0.326 e. The molecule has 10 nitrogen and oxygen atoms in total. The number of aromatic nitrogens is 3. The number of H-pyrrole nitrogens is 1. The van der Waals surface area contributed by atoms with Crippen LogP contribution in [0.1, 0.15) is 53.3 Å². The zero-order chi connectivity index (χ0) is 27.1. The number of carboxylic acids is 1. The van der Waals surface area contributed by atoms with Crippen molar-refractivity contribution in [2.45, 2.75) is 45.2 Å². The Morgan fingerprint density at radius 2 is 1.68 bits per heavy atom. The lowest BCUT2D eigenvalue weighted by molar-refractivity contribution is -0.139. The topological polar surface area (TPSA) is 150 Å². The monoisotopic (exact) mass is 515 g/mol. The number of carboxylic acid groups (broad SMARTS) is 1. The molecule has 0 saturated carbocycles. The molecule has 0 bridgehead atoms. The predicted octanol–water partition coefficient (Wildman–Crippen LogP) is 4.08. The Morgan fingerprint density at radius 3 is 2.39 bits per heavy atom. The van der Waals surface area contributed by atoms with Gasteiger partial charge < -0.3 is 20.2 Å². The summed E-state index contributed by atoms with van der Waals surface area (Å²) >= 11 is 0. The van der Waals surface area contributed by atoms with Gasteiger partial charge in [-0.15, -0.1) is 0 Å². The molecule has 38 heavy (non-hydrogen) atoms. The summed E-state index contributed by atoms with van der Waals surface area (Å²) in [5, 5.41) is 21.9. The van der Waals surface area contributed by atoms with Gasteiger partial charge in [-0.2, -0.15) is 5.10 Å². The SMILES string of the molecule is CCC(CC)NC(=O)c1cnc(-c2cccc(-c3cc(C(=O)NC(Cc4ccccc4)C(=O)O)[nH]n3)c2)o1. The highest BCUT2D eigenvalue weighted by Crippen LogP contribution is 2.26. The fourth-order valence-corrected chi connectivity index (χ4v) is 3.95. The van der Waals surface area contributed by atoms with Crippen molar-refractivity contribution in [3.63, 3.8) is 0 Å². The number of oxazole rings is 1. The van der Waals surface area contributed by atoms with E-state index in [-0.39, 0.29) is 35.7 Å². The molecule has 1 unspecified atom stereocenters. The van der Waals surface area contributed by atoms with E-state index in [0.29, 0.717) is 16.8 Å². The number of hydrogen-bond donors (Lipinski definition) is 4. The van der Waals surface area contributed by atoms with Gasteiger partial charge in [0, 0.05) is 23.6 Å². The van der Waals surface area contributed by atoms with Crippen LogP contribution in [0, 0.1) is 0 Å². The average molecular weight is 516 g/mol. The van der Waals surface area contributed by atoms with Crippen LogP contribution in [0.15, 0.2) is 71.3 Å². The van der Waals surface area contributed by atoms with E-state index in [1.54, 1.807) is 42.5 Å². The molecule has 0 fully saturated rings. The van der Waals surface area contributed by atoms with E-state index < -0.39 is 17.9 Å². The van der Waals surface area contributed by atoms with Gasteiger partial charge in [-0.3, -0.25) is 14.7 Å². The number of nitrogens with one attached hydrogen (secondary N) is 3. The molecule has 0 radical (unpaired) electrons. The van der Waals surface area contributed by atoms with Gasteiger partial charge in [0.25, 0.3) is 11.8 Å². The maximum absolute atomic E-state index is 12.8. The first kappa shape index (κ1) is 26.3. The maximum Gasteiger partial charge on any atom is 0.326 e. The summed E-state index contributed by atoms with van der Waals surface area (Å²) < 4.78 is 5.70. The lowest BCUT2D eigenvalue weighted by Crippen LogP contribution is -2.42. The first-order valence-electron chi connectivity index (χ1n) is 12.4. The zero-order valence-electron chi connectivity index (χ0n) is 21.1. The highest BCUT2D eigenvalue weighted by molar-refractivity contribution is 5.96. The summed E-state index contributed by atoms with van der Waals surface area (Å²) in [4.78, 5) is 41.2. The first-order valence-corrected chi connectivity index (χ1v) is 12.4. The van der Waals surface area contributed by atoms with Crippen molar-refractivity contribution < 1.29 is 23.9 Å². The highest BCUT2D eigenvalue weighted by atomic mass is 16.4. The van der Waals surface area contributed by atoms with Crippen LogP contribution < -0.4 is 10.6 Å². The van der Waals surface area contributed by atoms with Crippen LogP contribution >= 0.6 is 0 Å². The average Bonchev–Trinajstić information content (AvgIpc) is 3.63. The second-order valence-electron chi connectivity index (χ2n) is 8.82. The van der Waals surface area contributed by atoms with Gasteiger partial charge in [-0.25, -0.2) is 9.78 Å². The fraction of sp³-hybridized carbons (Fsp3) is 0.250. The van der Waals surface area contributed by atoms with Crippen molar-refractivity contribution in [3.05, 3.63) is 83.9 Å². The lowest BCUT2D eigenvalue weighted by Gasteiger charge is -2.13. The molecule has 1 atom stereocenters. The minimum absolute atomic E-state index is 0.0644. The third-order valence-electron chi connectivity index (χ3n) is 6.16. The Balaban J connectivity index is 1.46. The molecule has 4 aromatic rings. The van der Waals surface area contributed by atoms with Crippen LogP contribution in [0.5, 0.6) is 0 Å². The summed E-state index contributed by atoms with van der Waals surface area (Å²) in [6, 6.07) is 16.7. The standard InChI is InChI=1S/C28H29N5O5/c1-3-20(4-2)30-26(35)24-16-29-27(38-24)19-12-8-11-18(14-19)21-15-22(33-32-21)25(34)31-23(28(36)37)13-17-9-6-5-7-10-17/h5-12,14-16,20,23H,3-4,13H2,1-2H3,(H,30,35)(H,31,34)(H,32,33)(H,36,37). The van der Waals surface area contributed by atoms with Gasteiger partial charge in [0.1, 0.15) is 11.7 Å². The normalized spacial score (nSPS) is 11.8. The van der Waals surface area contributed by atoms with Gasteiger partial charge >= 0.3 is 5.97 Å². The number of carbonyl (C=O) groups excluding carboxylic acids is 2. The lowest BCUT2D eigenvalue weighted by atomic mass is 10.1.